The molecule has 1 aliphatic carbocycles. The zero-order valence-corrected chi connectivity index (χ0v) is 15.5. The van der Waals surface area contributed by atoms with Crippen LogP contribution in [0.3, 0.4) is 0 Å². The molecule has 7 nitrogen and oxygen atoms in total. The van der Waals surface area contributed by atoms with Gasteiger partial charge < -0.3 is 15.1 Å². The molecule has 136 valence electrons. The molecule has 2 heterocycles. The number of ether oxygens (including phenoxy) is 1. The molecular formula is C15H25ClN4O3S. The number of quaternary nitrogens is 1. The summed E-state index contributed by atoms with van der Waals surface area (Å²) in [7, 11) is 1.58. The van der Waals surface area contributed by atoms with Crippen LogP contribution in [0.2, 0.25) is 0 Å². The van der Waals surface area contributed by atoms with Crippen molar-refractivity contribution in [1.29, 1.82) is 0 Å². The number of methoxy groups -OCH3 is 1. The van der Waals surface area contributed by atoms with E-state index < -0.39 is 10.9 Å². The Morgan fingerprint density at radius 2 is 2.21 bits per heavy atom. The van der Waals surface area contributed by atoms with Gasteiger partial charge in [0.05, 0.1) is 6.61 Å². The van der Waals surface area contributed by atoms with E-state index in [2.05, 4.69) is 10.2 Å². The number of aliphatic hydroxyl groups is 1. The van der Waals surface area contributed by atoms with Gasteiger partial charge in [-0.1, -0.05) is 11.5 Å². The highest BCUT2D eigenvalue weighted by Gasteiger charge is 2.50. The third-order valence-electron chi connectivity index (χ3n) is 5.01. The fourth-order valence-corrected chi connectivity index (χ4v) is 4.57. The van der Waals surface area contributed by atoms with Crippen molar-refractivity contribution < 1.29 is 9.84 Å². The molecule has 3 rings (SSSR count). The first-order chi connectivity index (χ1) is 11.6. The van der Waals surface area contributed by atoms with Crippen molar-refractivity contribution in [2.75, 3.05) is 32.8 Å². The van der Waals surface area contributed by atoms with Crippen LogP contribution in [0.1, 0.15) is 43.0 Å². The molecule has 1 N–H and O–H groups in total. The molecule has 24 heavy (non-hydrogen) atoms. The number of halogens is 1. The minimum Gasteiger partial charge on any atom is -0.623 e. The minimum absolute atomic E-state index is 0.177. The van der Waals surface area contributed by atoms with Gasteiger partial charge in [0, 0.05) is 25.5 Å². The van der Waals surface area contributed by atoms with Gasteiger partial charge in [-0.15, -0.1) is 16.7 Å². The number of hydroxylamine groups is 2. The topological polar surface area (TPSA) is 81.5 Å². The van der Waals surface area contributed by atoms with E-state index in [1.165, 1.54) is 17.8 Å². The average Bonchev–Trinajstić information content (AvgIpc) is 3.07. The summed E-state index contributed by atoms with van der Waals surface area (Å²) in [5.41, 5.74) is 0. The molecule has 0 radical (unpaired) electrons. The predicted molar refractivity (Wildman–Crippen MR) is 94.9 cm³/mol. The molecular weight excluding hydrogens is 352 g/mol. The van der Waals surface area contributed by atoms with Crippen LogP contribution >= 0.6 is 22.9 Å². The molecule has 1 saturated heterocycles. The maximum atomic E-state index is 13.4. The van der Waals surface area contributed by atoms with Gasteiger partial charge in [-0.05, 0) is 37.0 Å². The molecule has 0 spiro atoms. The lowest BCUT2D eigenvalue weighted by Crippen LogP contribution is -2.51. The number of aromatic nitrogens is 2. The third-order valence-corrected chi connectivity index (χ3v) is 6.47. The van der Waals surface area contributed by atoms with Gasteiger partial charge in [0.2, 0.25) is 6.23 Å². The molecule has 1 aliphatic heterocycles. The van der Waals surface area contributed by atoms with E-state index in [0.717, 1.165) is 30.7 Å². The Bertz CT molecular complexity index is 545. The molecule has 0 amide bonds. The summed E-state index contributed by atoms with van der Waals surface area (Å²) in [4.78, 5) is 2.00. The molecule has 2 aliphatic rings. The molecule has 1 saturated carbocycles. The van der Waals surface area contributed by atoms with E-state index in [4.69, 9.17) is 16.3 Å². The standard InChI is InChI=1S/C15H25ClN4O3S/c1-23-9-12-14(21)20(22,10-19(12)8-3-2-7-16)15-18-17-13(24-15)11-5-4-6-11/h11-12,14,21H,2-10H2,1H3. The average molecular weight is 377 g/mol. The Morgan fingerprint density at radius 3 is 2.83 bits per heavy atom. The molecule has 2 fully saturated rings. The maximum absolute atomic E-state index is 13.4. The van der Waals surface area contributed by atoms with Crippen LogP contribution in [-0.4, -0.2) is 65.3 Å². The molecule has 1 aromatic heterocycles. The van der Waals surface area contributed by atoms with Crippen molar-refractivity contribution in [3.63, 3.8) is 0 Å². The molecule has 3 unspecified atom stereocenters. The third kappa shape index (κ3) is 3.46. The van der Waals surface area contributed by atoms with Gasteiger partial charge in [-0.2, -0.15) is 0 Å². The van der Waals surface area contributed by atoms with Gasteiger partial charge in [0.1, 0.15) is 17.7 Å². The van der Waals surface area contributed by atoms with Gasteiger partial charge in [-0.3, -0.25) is 4.65 Å². The Kier molecular flexibility index (Phi) is 6.07. The lowest BCUT2D eigenvalue weighted by atomic mass is 9.86. The summed E-state index contributed by atoms with van der Waals surface area (Å²) in [6.45, 7) is 1.21. The first-order valence-corrected chi connectivity index (χ1v) is 9.85. The fraction of sp³-hybridized carbons (Fsp3) is 0.867. The Balaban J connectivity index is 1.76. The largest absolute Gasteiger partial charge is 0.623 e. The number of alkyl halides is 1. The highest BCUT2D eigenvalue weighted by atomic mass is 35.5. The van der Waals surface area contributed by atoms with E-state index >= 15 is 0 Å². The first-order valence-electron chi connectivity index (χ1n) is 8.50. The first kappa shape index (κ1) is 18.4. The lowest BCUT2D eigenvalue weighted by Gasteiger charge is -2.37. The van der Waals surface area contributed by atoms with Crippen molar-refractivity contribution in [3.05, 3.63) is 10.2 Å². The summed E-state index contributed by atoms with van der Waals surface area (Å²) in [6, 6.07) is -0.334. The van der Waals surface area contributed by atoms with Crippen LogP contribution in [0.5, 0.6) is 0 Å². The van der Waals surface area contributed by atoms with Gasteiger partial charge in [0.25, 0.3) is 0 Å². The Hall–Kier alpha value is -0.350. The molecule has 0 aromatic carbocycles. The second-order valence-corrected chi connectivity index (χ2v) is 8.00. The number of hydrogen-bond acceptors (Lipinski definition) is 7. The summed E-state index contributed by atoms with van der Waals surface area (Å²) in [5.74, 6) is 1.04. The lowest BCUT2D eigenvalue weighted by molar-refractivity contribution is 0.0191. The SMILES string of the molecule is COCC1C(O)[N+]([O-])(c2nnc(C3CCC3)s2)CN1CCCCCl. The highest BCUT2D eigenvalue weighted by Crippen LogP contribution is 2.42. The zero-order valence-electron chi connectivity index (χ0n) is 13.9. The van der Waals surface area contributed by atoms with Crippen molar-refractivity contribution in [1.82, 2.24) is 19.7 Å². The van der Waals surface area contributed by atoms with Crippen LogP contribution in [0.15, 0.2) is 0 Å². The Morgan fingerprint density at radius 1 is 1.42 bits per heavy atom. The van der Waals surface area contributed by atoms with E-state index in [-0.39, 0.29) is 12.7 Å². The summed E-state index contributed by atoms with van der Waals surface area (Å²) in [5, 5.41) is 33.7. The minimum atomic E-state index is -1.11. The zero-order chi connectivity index (χ0) is 17.2. The quantitative estimate of drug-likeness (QED) is 0.324. The highest BCUT2D eigenvalue weighted by molar-refractivity contribution is 7.15. The summed E-state index contributed by atoms with van der Waals surface area (Å²) >= 11 is 7.10. The van der Waals surface area contributed by atoms with Crippen molar-refractivity contribution in [2.24, 2.45) is 0 Å². The second-order valence-electron chi connectivity index (χ2n) is 6.63. The predicted octanol–water partition coefficient (Wildman–Crippen LogP) is 2.24. The normalized spacial score (nSPS) is 31.5. The van der Waals surface area contributed by atoms with Gasteiger partial charge in [0.15, 0.2) is 0 Å². The Labute approximate surface area is 151 Å². The number of hydrogen-bond donors (Lipinski definition) is 1. The van der Waals surface area contributed by atoms with Gasteiger partial charge >= 0.3 is 5.13 Å². The van der Waals surface area contributed by atoms with Crippen molar-refractivity contribution in [3.8, 4) is 0 Å². The van der Waals surface area contributed by atoms with Gasteiger partial charge in [-0.25, -0.2) is 4.90 Å². The van der Waals surface area contributed by atoms with Crippen LogP contribution in [0.4, 0.5) is 5.13 Å². The molecule has 9 heteroatoms. The number of unbranched alkanes of at least 4 members (excludes halogenated alkanes) is 1. The molecule has 1 aromatic rings. The monoisotopic (exact) mass is 376 g/mol. The number of aliphatic hydroxyl groups excluding tert-OH is 1. The van der Waals surface area contributed by atoms with E-state index in [1.807, 2.05) is 4.90 Å². The van der Waals surface area contributed by atoms with E-state index in [0.29, 0.717) is 30.1 Å². The number of rotatable bonds is 8. The van der Waals surface area contributed by atoms with Crippen LogP contribution in [0, 0.1) is 5.21 Å². The van der Waals surface area contributed by atoms with E-state index in [9.17, 15) is 10.3 Å². The second kappa shape index (κ2) is 7.90. The molecule has 3 atom stereocenters. The fourth-order valence-electron chi connectivity index (χ4n) is 3.31. The summed E-state index contributed by atoms with van der Waals surface area (Å²) < 4.78 is 4.37. The van der Waals surface area contributed by atoms with E-state index in [1.54, 1.807) is 7.11 Å². The molecule has 0 bridgehead atoms. The van der Waals surface area contributed by atoms with Crippen molar-refractivity contribution in [2.45, 2.75) is 50.3 Å². The van der Waals surface area contributed by atoms with Crippen LogP contribution in [0.25, 0.3) is 0 Å². The maximum Gasteiger partial charge on any atom is 0.309 e. The number of nitrogens with zero attached hydrogens (tertiary/aromatic N) is 4. The van der Waals surface area contributed by atoms with Crippen molar-refractivity contribution >= 4 is 28.1 Å². The summed E-state index contributed by atoms with van der Waals surface area (Å²) in [6.07, 6.45) is 4.11. The smallest absolute Gasteiger partial charge is 0.309 e. The van der Waals surface area contributed by atoms with Crippen LogP contribution in [-0.2, 0) is 4.74 Å². The van der Waals surface area contributed by atoms with Crippen LogP contribution < -0.4 is 4.65 Å².